The number of hydrogen-bond acceptors (Lipinski definition) is 3. The van der Waals surface area contributed by atoms with Gasteiger partial charge in [0.25, 0.3) is 0 Å². The van der Waals surface area contributed by atoms with Crippen LogP contribution in [0.5, 0.6) is 0 Å². The summed E-state index contributed by atoms with van der Waals surface area (Å²) in [5, 5.41) is 3.57. The second-order valence-electron chi connectivity index (χ2n) is 4.92. The maximum absolute atomic E-state index is 11.9. The molecule has 1 saturated heterocycles. The molecule has 1 fully saturated rings. The standard InChI is InChI=1S/C14H16Cl2N2O3/c15-10-3-1-2-8(13(10)16)6-12(19)18-7-9-4-5-11(21-9)14(17)20/h1-3,9,11H,4-7H2,(H2,17,20)(H,18,19)/t9-,11-/m1/s1. The smallest absolute Gasteiger partial charge is 0.246 e. The monoisotopic (exact) mass is 330 g/mol. The average Bonchev–Trinajstić information content (AvgIpc) is 2.91. The van der Waals surface area contributed by atoms with Crippen LogP contribution in [0, 0.1) is 0 Å². The van der Waals surface area contributed by atoms with E-state index in [9.17, 15) is 9.59 Å². The molecule has 2 rings (SSSR count). The minimum atomic E-state index is -0.547. The summed E-state index contributed by atoms with van der Waals surface area (Å²) in [7, 11) is 0. The van der Waals surface area contributed by atoms with Gasteiger partial charge in [0, 0.05) is 6.54 Å². The Balaban J connectivity index is 1.80. The average molecular weight is 331 g/mol. The third-order valence-corrected chi connectivity index (χ3v) is 4.19. The number of ether oxygens (including phenoxy) is 1. The Hall–Kier alpha value is -1.30. The number of benzene rings is 1. The SMILES string of the molecule is NC(=O)[C@H]1CC[C@H](CNC(=O)Cc2cccc(Cl)c2Cl)O1. The van der Waals surface area contributed by atoms with Crippen LogP contribution in [-0.2, 0) is 20.7 Å². The lowest BCUT2D eigenvalue weighted by Crippen LogP contribution is -2.35. The molecule has 2 atom stereocenters. The number of amides is 2. The molecule has 1 heterocycles. The Morgan fingerprint density at radius 2 is 2.10 bits per heavy atom. The Kier molecular flexibility index (Phi) is 5.45. The Labute approximate surface area is 132 Å². The van der Waals surface area contributed by atoms with E-state index in [1.54, 1.807) is 18.2 Å². The third kappa shape index (κ3) is 4.33. The van der Waals surface area contributed by atoms with Crippen LogP contribution >= 0.6 is 23.2 Å². The third-order valence-electron chi connectivity index (χ3n) is 3.33. The highest BCUT2D eigenvalue weighted by molar-refractivity contribution is 6.42. The van der Waals surface area contributed by atoms with Crippen molar-refractivity contribution in [1.82, 2.24) is 5.32 Å². The summed E-state index contributed by atoms with van der Waals surface area (Å²) >= 11 is 11.9. The lowest BCUT2D eigenvalue weighted by molar-refractivity contribution is -0.128. The molecule has 5 nitrogen and oxygen atoms in total. The summed E-state index contributed by atoms with van der Waals surface area (Å²) in [6.07, 6.45) is 0.711. The normalized spacial score (nSPS) is 21.2. The Bertz CT molecular complexity index is 551. The first kappa shape index (κ1) is 16.1. The van der Waals surface area contributed by atoms with Crippen molar-refractivity contribution in [2.45, 2.75) is 31.5 Å². The fourth-order valence-electron chi connectivity index (χ4n) is 2.21. The molecule has 3 N–H and O–H groups in total. The molecule has 0 spiro atoms. The van der Waals surface area contributed by atoms with Crippen LogP contribution in [0.4, 0.5) is 0 Å². The zero-order chi connectivity index (χ0) is 15.4. The topological polar surface area (TPSA) is 81.4 Å². The van der Waals surface area contributed by atoms with E-state index >= 15 is 0 Å². The summed E-state index contributed by atoms with van der Waals surface area (Å²) in [6, 6.07) is 5.17. The zero-order valence-electron chi connectivity index (χ0n) is 11.3. The van der Waals surface area contributed by atoms with Gasteiger partial charge in [-0.3, -0.25) is 9.59 Å². The van der Waals surface area contributed by atoms with Crippen molar-refractivity contribution < 1.29 is 14.3 Å². The molecule has 21 heavy (non-hydrogen) atoms. The van der Waals surface area contributed by atoms with Crippen LogP contribution in [0.2, 0.25) is 10.0 Å². The zero-order valence-corrected chi connectivity index (χ0v) is 12.8. The van der Waals surface area contributed by atoms with Crippen molar-refractivity contribution in [2.75, 3.05) is 6.54 Å². The first-order chi connectivity index (χ1) is 9.97. The second-order valence-corrected chi connectivity index (χ2v) is 5.71. The van der Waals surface area contributed by atoms with Gasteiger partial charge in [-0.1, -0.05) is 35.3 Å². The van der Waals surface area contributed by atoms with Crippen molar-refractivity contribution in [3.05, 3.63) is 33.8 Å². The molecule has 7 heteroatoms. The number of carbonyl (C=O) groups excluding carboxylic acids is 2. The minimum Gasteiger partial charge on any atom is -0.367 e. The summed E-state index contributed by atoms with van der Waals surface area (Å²) in [5.41, 5.74) is 5.84. The van der Waals surface area contributed by atoms with Crippen LogP contribution < -0.4 is 11.1 Å². The molecule has 0 unspecified atom stereocenters. The van der Waals surface area contributed by atoms with E-state index in [2.05, 4.69) is 5.32 Å². The fourth-order valence-corrected chi connectivity index (χ4v) is 2.60. The lowest BCUT2D eigenvalue weighted by Gasteiger charge is -2.13. The predicted molar refractivity (Wildman–Crippen MR) is 80.3 cm³/mol. The number of primary amides is 1. The number of halogens is 2. The second kappa shape index (κ2) is 7.11. The number of hydrogen-bond donors (Lipinski definition) is 2. The van der Waals surface area contributed by atoms with Gasteiger partial charge in [0.1, 0.15) is 6.10 Å². The van der Waals surface area contributed by atoms with E-state index in [4.69, 9.17) is 33.7 Å². The first-order valence-corrected chi connectivity index (χ1v) is 7.37. The highest BCUT2D eigenvalue weighted by atomic mass is 35.5. The van der Waals surface area contributed by atoms with Crippen LogP contribution in [0.25, 0.3) is 0 Å². The summed E-state index contributed by atoms with van der Waals surface area (Å²) < 4.78 is 5.43. The van der Waals surface area contributed by atoms with Crippen LogP contribution in [-0.4, -0.2) is 30.6 Å². The van der Waals surface area contributed by atoms with Gasteiger partial charge >= 0.3 is 0 Å². The van der Waals surface area contributed by atoms with Crippen molar-refractivity contribution in [3.8, 4) is 0 Å². The maximum atomic E-state index is 11.9. The van der Waals surface area contributed by atoms with Crippen molar-refractivity contribution in [3.63, 3.8) is 0 Å². The predicted octanol–water partition coefficient (Wildman–Crippen LogP) is 1.69. The Morgan fingerprint density at radius 3 is 2.76 bits per heavy atom. The van der Waals surface area contributed by atoms with Gasteiger partial charge < -0.3 is 15.8 Å². The van der Waals surface area contributed by atoms with Gasteiger partial charge in [0.2, 0.25) is 11.8 Å². The fraction of sp³-hybridized carbons (Fsp3) is 0.429. The molecule has 0 bridgehead atoms. The van der Waals surface area contributed by atoms with Gasteiger partial charge in [-0.2, -0.15) is 0 Å². The molecule has 1 aliphatic rings. The van der Waals surface area contributed by atoms with Gasteiger partial charge in [0.05, 0.1) is 22.6 Å². The van der Waals surface area contributed by atoms with E-state index < -0.39 is 12.0 Å². The molecule has 0 aliphatic carbocycles. The quantitative estimate of drug-likeness (QED) is 0.861. The maximum Gasteiger partial charge on any atom is 0.246 e. The van der Waals surface area contributed by atoms with E-state index in [1.807, 2.05) is 0 Å². The van der Waals surface area contributed by atoms with E-state index in [0.717, 1.165) is 0 Å². The first-order valence-electron chi connectivity index (χ1n) is 6.61. The summed E-state index contributed by atoms with van der Waals surface area (Å²) in [4.78, 5) is 22.9. The molecule has 0 aromatic heterocycles. The number of rotatable bonds is 5. The molecule has 1 aliphatic heterocycles. The summed E-state index contributed by atoms with van der Waals surface area (Å²) in [6.45, 7) is 0.348. The molecule has 2 amide bonds. The highest BCUT2D eigenvalue weighted by Gasteiger charge is 2.29. The Morgan fingerprint density at radius 1 is 1.33 bits per heavy atom. The van der Waals surface area contributed by atoms with Gasteiger partial charge in [-0.25, -0.2) is 0 Å². The molecule has 0 saturated carbocycles. The highest BCUT2D eigenvalue weighted by Crippen LogP contribution is 2.25. The van der Waals surface area contributed by atoms with Crippen LogP contribution in [0.15, 0.2) is 18.2 Å². The molecule has 114 valence electrons. The van der Waals surface area contributed by atoms with Gasteiger partial charge in [-0.05, 0) is 24.5 Å². The van der Waals surface area contributed by atoms with E-state index in [1.165, 1.54) is 0 Å². The molecule has 0 radical (unpaired) electrons. The summed E-state index contributed by atoms with van der Waals surface area (Å²) in [5.74, 6) is -0.639. The van der Waals surface area contributed by atoms with Crippen molar-refractivity contribution in [2.24, 2.45) is 5.73 Å². The van der Waals surface area contributed by atoms with Crippen molar-refractivity contribution in [1.29, 1.82) is 0 Å². The van der Waals surface area contributed by atoms with Gasteiger partial charge in [0.15, 0.2) is 0 Å². The molecular weight excluding hydrogens is 315 g/mol. The molecule has 1 aromatic rings. The largest absolute Gasteiger partial charge is 0.367 e. The van der Waals surface area contributed by atoms with Gasteiger partial charge in [-0.15, -0.1) is 0 Å². The van der Waals surface area contributed by atoms with E-state index in [0.29, 0.717) is 35.0 Å². The van der Waals surface area contributed by atoms with Crippen LogP contribution in [0.3, 0.4) is 0 Å². The number of nitrogens with two attached hydrogens (primary N) is 1. The lowest BCUT2D eigenvalue weighted by atomic mass is 10.1. The minimum absolute atomic E-state index is 0.144. The van der Waals surface area contributed by atoms with Crippen molar-refractivity contribution >= 4 is 35.0 Å². The number of nitrogens with one attached hydrogen (secondary N) is 1. The molecule has 1 aromatic carbocycles. The van der Waals surface area contributed by atoms with E-state index in [-0.39, 0.29) is 18.4 Å². The number of carbonyl (C=O) groups is 2. The molecular formula is C14H16Cl2N2O3. The van der Waals surface area contributed by atoms with Crippen LogP contribution in [0.1, 0.15) is 18.4 Å².